The summed E-state index contributed by atoms with van der Waals surface area (Å²) in [5, 5.41) is 9.02. The molecule has 20 heavy (non-hydrogen) atoms. The van der Waals surface area contributed by atoms with Crippen LogP contribution in [0.3, 0.4) is 0 Å². The Labute approximate surface area is 119 Å². The first kappa shape index (κ1) is 13.1. The molecule has 2 aromatic rings. The van der Waals surface area contributed by atoms with Crippen molar-refractivity contribution in [2.45, 2.75) is 45.3 Å². The summed E-state index contributed by atoms with van der Waals surface area (Å²) in [6.45, 7) is 3.93. The van der Waals surface area contributed by atoms with Crippen LogP contribution < -0.4 is 0 Å². The van der Waals surface area contributed by atoms with Gasteiger partial charge in [-0.1, -0.05) is 6.92 Å². The molecule has 1 unspecified atom stereocenters. The lowest BCUT2D eigenvalue weighted by Crippen LogP contribution is -2.16. The number of nitrogens with zero attached hydrogens (tertiary/aromatic N) is 3. The molecular formula is C16H19N3O. The maximum absolute atomic E-state index is 9.02. The van der Waals surface area contributed by atoms with E-state index in [1.54, 1.807) is 0 Å². The van der Waals surface area contributed by atoms with E-state index in [0.29, 0.717) is 5.56 Å². The van der Waals surface area contributed by atoms with Crippen LogP contribution in [0.25, 0.3) is 11.0 Å². The number of benzene rings is 1. The average Bonchev–Trinajstić information content (AvgIpc) is 2.86. The Morgan fingerprint density at radius 3 is 3.05 bits per heavy atom. The Kier molecular flexibility index (Phi) is 3.70. The third-order valence-electron chi connectivity index (χ3n) is 3.82. The van der Waals surface area contributed by atoms with Crippen molar-refractivity contribution in [2.24, 2.45) is 0 Å². The Morgan fingerprint density at radius 2 is 2.35 bits per heavy atom. The summed E-state index contributed by atoms with van der Waals surface area (Å²) >= 11 is 0. The van der Waals surface area contributed by atoms with Crippen molar-refractivity contribution in [1.29, 1.82) is 5.26 Å². The summed E-state index contributed by atoms with van der Waals surface area (Å²) in [6.07, 6.45) is 4.55. The van der Waals surface area contributed by atoms with Crippen molar-refractivity contribution >= 4 is 11.0 Å². The van der Waals surface area contributed by atoms with Gasteiger partial charge in [0.05, 0.1) is 22.7 Å². The SMILES string of the molecule is CCCn1c(C2CCCCO2)nc2cc(C#N)ccc21. The van der Waals surface area contributed by atoms with Crippen molar-refractivity contribution in [3.63, 3.8) is 0 Å². The average molecular weight is 269 g/mol. The molecule has 0 bridgehead atoms. The van der Waals surface area contributed by atoms with Crippen LogP contribution >= 0.6 is 0 Å². The highest BCUT2D eigenvalue weighted by Gasteiger charge is 2.23. The molecule has 1 atom stereocenters. The first-order valence-electron chi connectivity index (χ1n) is 7.35. The van der Waals surface area contributed by atoms with Crippen molar-refractivity contribution in [3.05, 3.63) is 29.6 Å². The van der Waals surface area contributed by atoms with E-state index in [1.165, 1.54) is 6.42 Å². The van der Waals surface area contributed by atoms with Gasteiger partial charge in [-0.2, -0.15) is 5.26 Å². The van der Waals surface area contributed by atoms with Crippen LogP contribution in [0.5, 0.6) is 0 Å². The first-order valence-corrected chi connectivity index (χ1v) is 7.35. The molecule has 1 saturated heterocycles. The number of fused-ring (bicyclic) bond motifs is 1. The van der Waals surface area contributed by atoms with Gasteiger partial charge in [0.1, 0.15) is 11.9 Å². The number of ether oxygens (including phenoxy) is 1. The molecule has 3 rings (SSSR count). The normalized spacial score (nSPS) is 19.1. The Morgan fingerprint density at radius 1 is 1.45 bits per heavy atom. The fraction of sp³-hybridized carbons (Fsp3) is 0.500. The second-order valence-corrected chi connectivity index (χ2v) is 5.29. The number of hydrogen-bond acceptors (Lipinski definition) is 3. The Bertz CT molecular complexity index is 648. The van der Waals surface area contributed by atoms with Crippen LogP contribution in [0.15, 0.2) is 18.2 Å². The molecule has 1 aromatic carbocycles. The van der Waals surface area contributed by atoms with E-state index in [2.05, 4.69) is 17.6 Å². The molecule has 104 valence electrons. The van der Waals surface area contributed by atoms with Gasteiger partial charge in [0.15, 0.2) is 0 Å². The number of aryl methyl sites for hydroxylation is 1. The van der Waals surface area contributed by atoms with Gasteiger partial charge in [-0.3, -0.25) is 0 Å². The molecule has 0 amide bonds. The Hall–Kier alpha value is -1.86. The predicted octanol–water partition coefficient (Wildman–Crippen LogP) is 3.56. The van der Waals surface area contributed by atoms with E-state index in [9.17, 15) is 0 Å². The number of aromatic nitrogens is 2. The van der Waals surface area contributed by atoms with Crippen LogP contribution in [0.2, 0.25) is 0 Å². The molecule has 1 aromatic heterocycles. The topological polar surface area (TPSA) is 50.8 Å². The van der Waals surface area contributed by atoms with Gasteiger partial charge in [0.2, 0.25) is 0 Å². The molecule has 4 heteroatoms. The van der Waals surface area contributed by atoms with Gasteiger partial charge in [-0.15, -0.1) is 0 Å². The molecule has 0 spiro atoms. The van der Waals surface area contributed by atoms with Gasteiger partial charge in [-0.05, 0) is 43.9 Å². The van der Waals surface area contributed by atoms with Crippen molar-refractivity contribution in [3.8, 4) is 6.07 Å². The van der Waals surface area contributed by atoms with Gasteiger partial charge >= 0.3 is 0 Å². The monoisotopic (exact) mass is 269 g/mol. The molecular weight excluding hydrogens is 250 g/mol. The lowest BCUT2D eigenvalue weighted by atomic mass is 10.1. The first-order chi connectivity index (χ1) is 9.83. The van der Waals surface area contributed by atoms with Crippen LogP contribution in [0, 0.1) is 11.3 Å². The van der Waals surface area contributed by atoms with Crippen LogP contribution in [0.4, 0.5) is 0 Å². The smallest absolute Gasteiger partial charge is 0.139 e. The van der Waals surface area contributed by atoms with Crippen LogP contribution in [-0.4, -0.2) is 16.2 Å². The summed E-state index contributed by atoms with van der Waals surface area (Å²) in [5.41, 5.74) is 2.67. The molecule has 1 aliphatic heterocycles. The minimum absolute atomic E-state index is 0.105. The molecule has 0 N–H and O–H groups in total. The highest BCUT2D eigenvalue weighted by Crippen LogP contribution is 2.30. The number of imidazole rings is 1. The van der Waals surface area contributed by atoms with Crippen molar-refractivity contribution < 1.29 is 4.74 Å². The van der Waals surface area contributed by atoms with E-state index in [0.717, 1.165) is 49.3 Å². The van der Waals surface area contributed by atoms with E-state index in [4.69, 9.17) is 15.0 Å². The standard InChI is InChI=1S/C16H19N3O/c1-2-8-19-14-7-6-12(11-17)10-13(14)18-16(19)15-5-3-4-9-20-15/h6-7,10,15H,2-5,8-9H2,1H3. The second kappa shape index (κ2) is 5.64. The third-order valence-corrected chi connectivity index (χ3v) is 3.82. The van der Waals surface area contributed by atoms with Gasteiger partial charge < -0.3 is 9.30 Å². The Balaban J connectivity index is 2.09. The van der Waals surface area contributed by atoms with Crippen molar-refractivity contribution in [1.82, 2.24) is 9.55 Å². The predicted molar refractivity (Wildman–Crippen MR) is 77.3 cm³/mol. The molecule has 2 heterocycles. The molecule has 1 fully saturated rings. The summed E-state index contributed by atoms with van der Waals surface area (Å²) < 4.78 is 8.15. The number of rotatable bonds is 3. The fourth-order valence-electron chi connectivity index (χ4n) is 2.87. The van der Waals surface area contributed by atoms with Crippen LogP contribution in [-0.2, 0) is 11.3 Å². The fourth-order valence-corrected chi connectivity index (χ4v) is 2.87. The molecule has 0 saturated carbocycles. The summed E-state index contributed by atoms with van der Waals surface area (Å²) in [6, 6.07) is 7.91. The van der Waals surface area contributed by atoms with Crippen molar-refractivity contribution in [2.75, 3.05) is 6.61 Å². The summed E-state index contributed by atoms with van der Waals surface area (Å²) in [4.78, 5) is 4.75. The minimum Gasteiger partial charge on any atom is -0.370 e. The largest absolute Gasteiger partial charge is 0.370 e. The van der Waals surface area contributed by atoms with Gasteiger partial charge in [0.25, 0.3) is 0 Å². The molecule has 4 nitrogen and oxygen atoms in total. The maximum Gasteiger partial charge on any atom is 0.139 e. The lowest BCUT2D eigenvalue weighted by molar-refractivity contribution is 0.00762. The van der Waals surface area contributed by atoms with E-state index in [1.807, 2.05) is 18.2 Å². The van der Waals surface area contributed by atoms with Gasteiger partial charge in [0, 0.05) is 13.2 Å². The molecule has 0 radical (unpaired) electrons. The quantitative estimate of drug-likeness (QED) is 0.856. The second-order valence-electron chi connectivity index (χ2n) is 5.29. The van der Waals surface area contributed by atoms with E-state index < -0.39 is 0 Å². The molecule has 0 aliphatic carbocycles. The minimum atomic E-state index is 0.105. The van der Waals surface area contributed by atoms with E-state index in [-0.39, 0.29) is 6.10 Å². The van der Waals surface area contributed by atoms with E-state index >= 15 is 0 Å². The molecule has 1 aliphatic rings. The number of hydrogen-bond donors (Lipinski definition) is 0. The maximum atomic E-state index is 9.02. The summed E-state index contributed by atoms with van der Waals surface area (Å²) in [7, 11) is 0. The highest BCUT2D eigenvalue weighted by atomic mass is 16.5. The highest BCUT2D eigenvalue weighted by molar-refractivity contribution is 5.77. The van der Waals surface area contributed by atoms with Crippen LogP contribution in [0.1, 0.15) is 50.1 Å². The zero-order valence-corrected chi connectivity index (χ0v) is 11.8. The lowest BCUT2D eigenvalue weighted by Gasteiger charge is -2.23. The number of nitriles is 1. The van der Waals surface area contributed by atoms with Gasteiger partial charge in [-0.25, -0.2) is 4.98 Å². The third kappa shape index (κ3) is 2.30. The summed E-state index contributed by atoms with van der Waals surface area (Å²) in [5.74, 6) is 1.02. The zero-order valence-electron chi connectivity index (χ0n) is 11.8. The zero-order chi connectivity index (χ0) is 13.9.